The first-order valence-electron chi connectivity index (χ1n) is 11.2. The van der Waals surface area contributed by atoms with Crippen LogP contribution in [-0.4, -0.2) is 51.3 Å². The normalized spacial score (nSPS) is 19.4. The average Bonchev–Trinajstić information content (AvgIpc) is 3.57. The van der Waals surface area contributed by atoms with Crippen LogP contribution in [0.5, 0.6) is 5.75 Å². The molecule has 1 amide bonds. The van der Waals surface area contributed by atoms with Gasteiger partial charge in [-0.15, -0.1) is 0 Å². The zero-order chi connectivity index (χ0) is 23.7. The number of para-hydroxylation sites is 1. The molecule has 1 atom stereocenters. The van der Waals surface area contributed by atoms with Gasteiger partial charge in [0.1, 0.15) is 15.8 Å². The minimum absolute atomic E-state index is 0.0560. The molecule has 2 aliphatic rings. The molecule has 34 heavy (non-hydrogen) atoms. The van der Waals surface area contributed by atoms with Crippen LogP contribution in [-0.2, 0) is 9.53 Å². The lowest BCUT2D eigenvalue weighted by molar-refractivity contribution is -0.123. The molecule has 0 saturated carbocycles. The van der Waals surface area contributed by atoms with Crippen molar-refractivity contribution in [3.05, 3.63) is 70.8 Å². The minimum atomic E-state index is -0.0742. The number of hydrogen-bond donors (Lipinski definition) is 0. The number of aryl methyl sites for hydroxylation is 1. The Morgan fingerprint density at radius 3 is 2.79 bits per heavy atom. The highest BCUT2D eigenvalue weighted by Gasteiger charge is 2.35. The molecular weight excluding hydrogens is 466 g/mol. The summed E-state index contributed by atoms with van der Waals surface area (Å²) in [5.74, 6) is 0.748. The van der Waals surface area contributed by atoms with Gasteiger partial charge >= 0.3 is 0 Å². The maximum absolute atomic E-state index is 13.2. The third kappa shape index (κ3) is 4.53. The van der Waals surface area contributed by atoms with Gasteiger partial charge in [-0.1, -0.05) is 42.2 Å². The smallest absolute Gasteiger partial charge is 0.266 e. The zero-order valence-electron chi connectivity index (χ0n) is 19.1. The molecule has 8 heteroatoms. The first-order chi connectivity index (χ1) is 16.5. The Kier molecular flexibility index (Phi) is 6.54. The van der Waals surface area contributed by atoms with Crippen molar-refractivity contribution in [2.24, 2.45) is 0 Å². The summed E-state index contributed by atoms with van der Waals surface area (Å²) in [5.41, 5.74) is 4.56. The zero-order valence-corrected chi connectivity index (χ0v) is 20.7. The van der Waals surface area contributed by atoms with Crippen LogP contribution < -0.4 is 4.74 Å². The highest BCUT2D eigenvalue weighted by Crippen LogP contribution is 2.36. The predicted molar refractivity (Wildman–Crippen MR) is 139 cm³/mol. The highest BCUT2D eigenvalue weighted by molar-refractivity contribution is 8.26. The van der Waals surface area contributed by atoms with Gasteiger partial charge in [0.2, 0.25) is 0 Å². The third-order valence-corrected chi connectivity index (χ3v) is 7.38. The number of benzene rings is 2. The molecule has 0 spiro atoms. The molecule has 1 aromatic heterocycles. The van der Waals surface area contributed by atoms with Crippen LogP contribution in [0.4, 0.5) is 0 Å². The monoisotopic (exact) mass is 491 g/mol. The fourth-order valence-corrected chi connectivity index (χ4v) is 5.51. The minimum Gasteiger partial charge on any atom is -0.496 e. The Morgan fingerprint density at radius 1 is 1.26 bits per heavy atom. The van der Waals surface area contributed by atoms with Gasteiger partial charge in [0.05, 0.1) is 30.4 Å². The van der Waals surface area contributed by atoms with E-state index >= 15 is 0 Å². The van der Waals surface area contributed by atoms with E-state index < -0.39 is 0 Å². The largest absolute Gasteiger partial charge is 0.496 e. The molecular formula is C26H25N3O3S2. The number of thiocarbonyl (C=S) groups is 1. The maximum Gasteiger partial charge on any atom is 0.266 e. The fourth-order valence-electron chi connectivity index (χ4n) is 4.25. The first kappa shape index (κ1) is 22.8. The summed E-state index contributed by atoms with van der Waals surface area (Å²) >= 11 is 6.87. The highest BCUT2D eigenvalue weighted by atomic mass is 32.2. The molecule has 0 unspecified atom stereocenters. The third-order valence-electron chi connectivity index (χ3n) is 6.00. The summed E-state index contributed by atoms with van der Waals surface area (Å²) in [6, 6.07) is 15.9. The second kappa shape index (κ2) is 9.74. The van der Waals surface area contributed by atoms with E-state index in [-0.39, 0.29) is 12.0 Å². The van der Waals surface area contributed by atoms with Gasteiger partial charge in [-0.2, -0.15) is 5.10 Å². The van der Waals surface area contributed by atoms with Gasteiger partial charge in [0.15, 0.2) is 0 Å². The molecule has 0 bridgehead atoms. The van der Waals surface area contributed by atoms with Crippen molar-refractivity contribution in [2.45, 2.75) is 25.9 Å². The van der Waals surface area contributed by atoms with Gasteiger partial charge < -0.3 is 9.47 Å². The van der Waals surface area contributed by atoms with Gasteiger partial charge in [-0.3, -0.25) is 9.69 Å². The van der Waals surface area contributed by atoms with Crippen molar-refractivity contribution < 1.29 is 14.3 Å². The molecule has 6 nitrogen and oxygen atoms in total. The lowest BCUT2D eigenvalue weighted by atomic mass is 10.0. The van der Waals surface area contributed by atoms with Crippen molar-refractivity contribution in [3.8, 4) is 22.7 Å². The van der Waals surface area contributed by atoms with Crippen molar-refractivity contribution in [1.82, 2.24) is 14.7 Å². The number of thioether (sulfide) groups is 1. The first-order valence-corrected chi connectivity index (χ1v) is 12.4. The summed E-state index contributed by atoms with van der Waals surface area (Å²) in [6.07, 6.45) is 5.90. The Bertz CT molecular complexity index is 1260. The Morgan fingerprint density at radius 2 is 2.09 bits per heavy atom. The number of rotatable bonds is 6. The van der Waals surface area contributed by atoms with Crippen molar-refractivity contribution >= 4 is 40.3 Å². The van der Waals surface area contributed by atoms with E-state index in [4.69, 9.17) is 26.8 Å². The molecule has 0 N–H and O–H groups in total. The van der Waals surface area contributed by atoms with Crippen LogP contribution in [0, 0.1) is 6.92 Å². The second-order valence-corrected chi connectivity index (χ2v) is 10.0. The molecule has 5 rings (SSSR count). The Hall–Kier alpha value is -2.94. The molecule has 2 aliphatic heterocycles. The predicted octanol–water partition coefficient (Wildman–Crippen LogP) is 5.24. The van der Waals surface area contributed by atoms with E-state index in [1.54, 1.807) is 12.0 Å². The topological polar surface area (TPSA) is 56.6 Å². The van der Waals surface area contributed by atoms with Crippen molar-refractivity contribution in [2.75, 3.05) is 20.3 Å². The van der Waals surface area contributed by atoms with Gasteiger partial charge in [-0.25, -0.2) is 4.68 Å². The van der Waals surface area contributed by atoms with Gasteiger partial charge in [-0.05, 0) is 61.7 Å². The summed E-state index contributed by atoms with van der Waals surface area (Å²) in [6.45, 7) is 3.26. The number of carbonyl (C=O) groups is 1. The van der Waals surface area contributed by atoms with Crippen LogP contribution in [0.2, 0.25) is 0 Å². The average molecular weight is 492 g/mol. The van der Waals surface area contributed by atoms with Crippen LogP contribution in [0.1, 0.15) is 24.0 Å². The number of aromatic nitrogens is 2. The van der Waals surface area contributed by atoms with Crippen molar-refractivity contribution in [3.63, 3.8) is 0 Å². The Labute approximate surface area is 208 Å². The van der Waals surface area contributed by atoms with E-state index in [9.17, 15) is 4.79 Å². The molecule has 2 aromatic carbocycles. The Balaban J connectivity index is 1.53. The van der Waals surface area contributed by atoms with E-state index in [1.165, 1.54) is 11.8 Å². The number of amides is 1. The van der Waals surface area contributed by atoms with Crippen LogP contribution in [0.25, 0.3) is 23.0 Å². The quantitative estimate of drug-likeness (QED) is 0.347. The van der Waals surface area contributed by atoms with Crippen LogP contribution in [0.3, 0.4) is 0 Å². The summed E-state index contributed by atoms with van der Waals surface area (Å²) in [5, 5.41) is 4.88. The lowest BCUT2D eigenvalue weighted by Gasteiger charge is -2.18. The molecule has 0 aliphatic carbocycles. The molecule has 3 aromatic rings. The molecule has 2 saturated heterocycles. The fraction of sp³-hybridized carbons (Fsp3) is 0.269. The standard InChI is InChI=1S/C26H25N3O3S2/c1-17-13-18(10-11-22(17)31-2)24-19(15-29(27-24)20-7-4-3-5-8-20)14-23-25(30)28(26(33)34-23)16-21-9-6-12-32-21/h3-5,7-8,10-11,13-15,21H,6,9,12,16H2,1-2H3/b23-14-/t21-/m1/s1. The molecule has 174 valence electrons. The summed E-state index contributed by atoms with van der Waals surface area (Å²) < 4.78 is 13.6. The van der Waals surface area contributed by atoms with Crippen LogP contribution >= 0.6 is 24.0 Å². The van der Waals surface area contributed by atoms with E-state index in [2.05, 4.69) is 6.07 Å². The number of hydrogen-bond acceptors (Lipinski definition) is 6. The SMILES string of the molecule is COc1ccc(-c2nn(-c3ccccc3)cc2/C=C2\SC(=S)N(C[C@H]3CCCO3)C2=O)cc1C. The van der Waals surface area contributed by atoms with E-state index in [0.717, 1.165) is 53.3 Å². The van der Waals surface area contributed by atoms with Gasteiger partial charge in [0.25, 0.3) is 5.91 Å². The molecule has 2 fully saturated rings. The molecule has 0 radical (unpaired) electrons. The number of ether oxygens (including phenoxy) is 2. The number of methoxy groups -OCH3 is 1. The number of carbonyl (C=O) groups excluding carboxylic acids is 1. The van der Waals surface area contributed by atoms with E-state index in [1.807, 2.05) is 66.3 Å². The number of nitrogens with zero attached hydrogens (tertiary/aromatic N) is 3. The van der Waals surface area contributed by atoms with Gasteiger partial charge in [0, 0.05) is 23.9 Å². The van der Waals surface area contributed by atoms with Crippen molar-refractivity contribution in [1.29, 1.82) is 0 Å². The molecule has 3 heterocycles. The second-order valence-electron chi connectivity index (χ2n) is 8.32. The summed E-state index contributed by atoms with van der Waals surface area (Å²) in [4.78, 5) is 15.5. The summed E-state index contributed by atoms with van der Waals surface area (Å²) in [7, 11) is 1.66. The lowest BCUT2D eigenvalue weighted by Crippen LogP contribution is -2.35. The van der Waals surface area contributed by atoms with E-state index in [0.29, 0.717) is 15.8 Å². The maximum atomic E-state index is 13.2. The van der Waals surface area contributed by atoms with Crippen LogP contribution in [0.15, 0.2) is 59.6 Å².